The molecule has 0 radical (unpaired) electrons. The Bertz CT molecular complexity index is 451. The van der Waals surface area contributed by atoms with Gasteiger partial charge < -0.3 is 30.2 Å². The first-order chi connectivity index (χ1) is 9.93. The van der Waals surface area contributed by atoms with Gasteiger partial charge in [0.15, 0.2) is 0 Å². The van der Waals surface area contributed by atoms with E-state index >= 15 is 0 Å². The predicted octanol–water partition coefficient (Wildman–Crippen LogP) is -0.946. The average molecular weight is 300 g/mol. The van der Waals surface area contributed by atoms with E-state index in [1.807, 2.05) is 0 Å². The predicted molar refractivity (Wildman–Crippen MR) is 72.8 cm³/mol. The summed E-state index contributed by atoms with van der Waals surface area (Å²) in [6, 6.07) is -1.67. The molecular formula is C12H20N4O5. The van der Waals surface area contributed by atoms with Crippen LogP contribution in [-0.2, 0) is 16.0 Å². The van der Waals surface area contributed by atoms with Crippen molar-refractivity contribution in [1.82, 2.24) is 20.2 Å². The molecule has 9 nitrogen and oxygen atoms in total. The third-order valence-corrected chi connectivity index (χ3v) is 2.77. The number of hydrogen-bond donors (Lipinski definition) is 4. The highest BCUT2D eigenvalue weighted by atomic mass is 16.5. The smallest absolute Gasteiger partial charge is 0.326 e. The van der Waals surface area contributed by atoms with Crippen LogP contribution in [0.25, 0.3) is 0 Å². The van der Waals surface area contributed by atoms with Gasteiger partial charge in [0.2, 0.25) is 0 Å². The molecule has 0 saturated heterocycles. The van der Waals surface area contributed by atoms with Gasteiger partial charge in [0.25, 0.3) is 0 Å². The van der Waals surface area contributed by atoms with Gasteiger partial charge in [-0.3, -0.25) is 0 Å². The molecule has 0 bridgehead atoms. The van der Waals surface area contributed by atoms with Gasteiger partial charge >= 0.3 is 12.0 Å². The Morgan fingerprint density at radius 1 is 1.57 bits per heavy atom. The van der Waals surface area contributed by atoms with Crippen LogP contribution >= 0.6 is 0 Å². The number of aliphatic hydroxyl groups excluding tert-OH is 1. The molecule has 0 spiro atoms. The lowest BCUT2D eigenvalue weighted by molar-refractivity contribution is -0.139. The minimum absolute atomic E-state index is 0.0378. The number of hydrogen-bond acceptors (Lipinski definition) is 5. The van der Waals surface area contributed by atoms with Crippen LogP contribution in [-0.4, -0.2) is 76.5 Å². The standard InChI is InChI=1S/C12H20N4O5/c1-16(5-9(17)6-21-2)12(20)15-10(11(18)19)3-8-4-13-7-14-8/h4,7,9-10,17H,3,5-6H2,1-2H3,(H,13,14)(H,15,20)(H,18,19)/t9?,10-/m0/s1. The quantitative estimate of drug-likeness (QED) is 0.490. The fourth-order valence-electron chi connectivity index (χ4n) is 1.72. The summed E-state index contributed by atoms with van der Waals surface area (Å²) in [7, 11) is 2.90. The van der Waals surface area contributed by atoms with Crippen molar-refractivity contribution in [3.63, 3.8) is 0 Å². The number of imidazole rings is 1. The molecule has 1 heterocycles. The number of rotatable bonds is 8. The molecule has 1 rings (SSSR count). The number of carbonyl (C=O) groups is 2. The van der Waals surface area contributed by atoms with Crippen molar-refractivity contribution in [2.75, 3.05) is 27.3 Å². The number of aliphatic carboxylic acids is 1. The molecule has 2 atom stereocenters. The number of carbonyl (C=O) groups excluding carboxylic acids is 1. The van der Waals surface area contributed by atoms with Crippen LogP contribution < -0.4 is 5.32 Å². The molecular weight excluding hydrogens is 280 g/mol. The summed E-state index contributed by atoms with van der Waals surface area (Å²) < 4.78 is 4.76. The van der Waals surface area contributed by atoms with E-state index in [0.717, 1.165) is 0 Å². The monoisotopic (exact) mass is 300 g/mol. The Morgan fingerprint density at radius 3 is 2.81 bits per heavy atom. The van der Waals surface area contributed by atoms with E-state index < -0.39 is 24.1 Å². The highest BCUT2D eigenvalue weighted by molar-refractivity contribution is 5.82. The summed E-state index contributed by atoms with van der Waals surface area (Å²) in [4.78, 5) is 30.8. The number of carboxylic acids is 1. The van der Waals surface area contributed by atoms with Gasteiger partial charge in [0.05, 0.1) is 25.6 Å². The lowest BCUT2D eigenvalue weighted by Gasteiger charge is -2.23. The maximum Gasteiger partial charge on any atom is 0.326 e. The van der Waals surface area contributed by atoms with Crippen molar-refractivity contribution in [2.45, 2.75) is 18.6 Å². The molecule has 21 heavy (non-hydrogen) atoms. The highest BCUT2D eigenvalue weighted by Gasteiger charge is 2.23. The maximum absolute atomic E-state index is 11.9. The van der Waals surface area contributed by atoms with E-state index in [2.05, 4.69) is 15.3 Å². The Labute approximate surface area is 121 Å². The largest absolute Gasteiger partial charge is 0.480 e. The molecule has 0 aliphatic heterocycles. The number of amides is 2. The number of aromatic amines is 1. The number of urea groups is 1. The summed E-state index contributed by atoms with van der Waals surface area (Å²) in [5.41, 5.74) is 0.602. The van der Waals surface area contributed by atoms with E-state index in [0.29, 0.717) is 5.69 Å². The van der Waals surface area contributed by atoms with Crippen molar-refractivity contribution < 1.29 is 24.5 Å². The molecule has 1 unspecified atom stereocenters. The second-order valence-corrected chi connectivity index (χ2v) is 4.61. The maximum atomic E-state index is 11.9. The summed E-state index contributed by atoms with van der Waals surface area (Å²) in [5, 5.41) is 21.1. The van der Waals surface area contributed by atoms with Gasteiger partial charge in [0, 0.05) is 32.5 Å². The van der Waals surface area contributed by atoms with Gasteiger partial charge in [-0.05, 0) is 0 Å². The van der Waals surface area contributed by atoms with Gasteiger partial charge in [-0.1, -0.05) is 0 Å². The zero-order valence-corrected chi connectivity index (χ0v) is 11.9. The number of ether oxygens (including phenoxy) is 1. The van der Waals surface area contributed by atoms with E-state index in [9.17, 15) is 14.7 Å². The summed E-state index contributed by atoms with van der Waals surface area (Å²) in [5.74, 6) is -1.15. The third-order valence-electron chi connectivity index (χ3n) is 2.77. The number of methoxy groups -OCH3 is 1. The van der Waals surface area contributed by atoms with Crippen LogP contribution in [0.15, 0.2) is 12.5 Å². The van der Waals surface area contributed by atoms with Crippen LogP contribution in [0.4, 0.5) is 4.79 Å². The topological polar surface area (TPSA) is 128 Å². The lowest BCUT2D eigenvalue weighted by Crippen LogP contribution is -2.49. The van der Waals surface area contributed by atoms with Gasteiger partial charge in [0.1, 0.15) is 6.04 Å². The van der Waals surface area contributed by atoms with Gasteiger partial charge in [-0.15, -0.1) is 0 Å². The summed E-state index contributed by atoms with van der Waals surface area (Å²) in [6.07, 6.45) is 2.19. The Morgan fingerprint density at radius 2 is 2.29 bits per heavy atom. The molecule has 1 aromatic rings. The van der Waals surface area contributed by atoms with Crippen molar-refractivity contribution in [2.24, 2.45) is 0 Å². The lowest BCUT2D eigenvalue weighted by atomic mass is 10.1. The minimum atomic E-state index is -1.15. The zero-order valence-electron chi connectivity index (χ0n) is 11.9. The van der Waals surface area contributed by atoms with E-state index in [1.165, 1.54) is 31.6 Å². The highest BCUT2D eigenvalue weighted by Crippen LogP contribution is 2.00. The molecule has 1 aromatic heterocycles. The van der Waals surface area contributed by atoms with Gasteiger partial charge in [-0.2, -0.15) is 0 Å². The zero-order chi connectivity index (χ0) is 15.8. The van der Waals surface area contributed by atoms with Crippen molar-refractivity contribution >= 4 is 12.0 Å². The molecule has 0 aliphatic carbocycles. The van der Waals surface area contributed by atoms with Crippen LogP contribution in [0.2, 0.25) is 0 Å². The summed E-state index contributed by atoms with van der Waals surface area (Å²) in [6.45, 7) is 0.129. The number of aromatic nitrogens is 2. The van der Waals surface area contributed by atoms with Crippen LogP contribution in [0.3, 0.4) is 0 Å². The molecule has 4 N–H and O–H groups in total. The molecule has 0 aromatic carbocycles. The Kier molecular flexibility index (Phi) is 6.63. The molecule has 118 valence electrons. The average Bonchev–Trinajstić information content (AvgIpc) is 2.90. The fraction of sp³-hybridized carbons (Fsp3) is 0.583. The van der Waals surface area contributed by atoms with Gasteiger partial charge in [-0.25, -0.2) is 14.6 Å². The first-order valence-electron chi connectivity index (χ1n) is 6.32. The molecule has 0 saturated carbocycles. The Balaban J connectivity index is 2.54. The Hall–Kier alpha value is -2.13. The number of nitrogens with zero attached hydrogens (tertiary/aromatic N) is 2. The normalized spacial score (nSPS) is 13.5. The molecule has 0 fully saturated rings. The number of aliphatic hydroxyl groups is 1. The first-order valence-corrected chi connectivity index (χ1v) is 6.32. The van der Waals surface area contributed by atoms with Crippen LogP contribution in [0, 0.1) is 0 Å². The third kappa shape index (κ3) is 5.79. The molecule has 0 aliphatic rings. The van der Waals surface area contributed by atoms with Crippen molar-refractivity contribution in [3.05, 3.63) is 18.2 Å². The number of H-pyrrole nitrogens is 1. The van der Waals surface area contributed by atoms with Crippen LogP contribution in [0.1, 0.15) is 5.69 Å². The van der Waals surface area contributed by atoms with E-state index in [4.69, 9.17) is 9.84 Å². The van der Waals surface area contributed by atoms with Crippen molar-refractivity contribution in [3.8, 4) is 0 Å². The number of likely N-dealkylation sites (N-methyl/N-ethyl adjacent to an activating group) is 1. The van der Waals surface area contributed by atoms with E-state index in [-0.39, 0.29) is 19.6 Å². The van der Waals surface area contributed by atoms with E-state index in [1.54, 1.807) is 0 Å². The molecule has 2 amide bonds. The molecule has 9 heteroatoms. The second-order valence-electron chi connectivity index (χ2n) is 4.61. The van der Waals surface area contributed by atoms with Crippen LogP contribution in [0.5, 0.6) is 0 Å². The first kappa shape index (κ1) is 16.9. The summed E-state index contributed by atoms with van der Waals surface area (Å²) >= 11 is 0. The number of nitrogens with one attached hydrogen (secondary N) is 2. The minimum Gasteiger partial charge on any atom is -0.480 e. The SMILES string of the molecule is COCC(O)CN(C)C(=O)N[C@@H](Cc1cnc[nH]1)C(=O)O. The fourth-order valence-corrected chi connectivity index (χ4v) is 1.72. The second kappa shape index (κ2) is 8.22. The number of carboxylic acid groups (broad SMARTS) is 1. The van der Waals surface area contributed by atoms with Crippen molar-refractivity contribution in [1.29, 1.82) is 0 Å².